The molecule has 0 bridgehead atoms. The van der Waals surface area contributed by atoms with E-state index in [-0.39, 0.29) is 23.7 Å². The summed E-state index contributed by atoms with van der Waals surface area (Å²) in [5.41, 5.74) is 5.81. The second-order valence-corrected chi connectivity index (χ2v) is 6.14. The van der Waals surface area contributed by atoms with Crippen LogP contribution in [0.3, 0.4) is 0 Å². The molecule has 0 saturated heterocycles. The lowest BCUT2D eigenvalue weighted by Gasteiger charge is -2.09. The summed E-state index contributed by atoms with van der Waals surface area (Å²) >= 11 is 0. The van der Waals surface area contributed by atoms with Gasteiger partial charge in [-0.1, -0.05) is 0 Å². The molecule has 8 heteroatoms. The van der Waals surface area contributed by atoms with Gasteiger partial charge < -0.3 is 15.2 Å². The Labute approximate surface area is 129 Å². The first-order chi connectivity index (χ1) is 10.5. The largest absolute Gasteiger partial charge is 0.497 e. The maximum Gasteiger partial charge on any atom is 0.242 e. The van der Waals surface area contributed by atoms with Gasteiger partial charge >= 0.3 is 0 Å². The van der Waals surface area contributed by atoms with Gasteiger partial charge in [0.05, 0.1) is 12.8 Å². The molecule has 0 aliphatic carbocycles. The van der Waals surface area contributed by atoms with Crippen LogP contribution >= 0.6 is 0 Å². The van der Waals surface area contributed by atoms with Crippen LogP contribution in [0.5, 0.6) is 11.5 Å². The second-order valence-electron chi connectivity index (χ2n) is 4.38. The van der Waals surface area contributed by atoms with Crippen LogP contribution < -0.4 is 19.9 Å². The zero-order chi connectivity index (χ0) is 16.0. The average Bonchev–Trinajstić information content (AvgIpc) is 2.52. The molecular weight excluding hydrogens is 306 g/mol. The Kier molecular flexibility index (Phi) is 5.18. The van der Waals surface area contributed by atoms with E-state index in [9.17, 15) is 8.42 Å². The summed E-state index contributed by atoms with van der Waals surface area (Å²) in [4.78, 5) is 3.78. The first-order valence-electron chi connectivity index (χ1n) is 6.48. The molecule has 7 nitrogen and oxygen atoms in total. The molecule has 0 amide bonds. The molecule has 0 radical (unpaired) electrons. The van der Waals surface area contributed by atoms with Gasteiger partial charge in [0, 0.05) is 18.9 Å². The smallest absolute Gasteiger partial charge is 0.242 e. The van der Waals surface area contributed by atoms with Crippen molar-refractivity contribution < 1.29 is 17.9 Å². The number of anilines is 1. The number of rotatable bonds is 7. The molecule has 22 heavy (non-hydrogen) atoms. The number of aromatic nitrogens is 1. The summed E-state index contributed by atoms with van der Waals surface area (Å²) in [5, 5.41) is 0. The number of benzene rings is 1. The van der Waals surface area contributed by atoms with Crippen LogP contribution in [0.25, 0.3) is 0 Å². The highest BCUT2D eigenvalue weighted by molar-refractivity contribution is 7.89. The third-order valence-corrected chi connectivity index (χ3v) is 4.19. The van der Waals surface area contributed by atoms with Gasteiger partial charge in [-0.05, 0) is 30.3 Å². The molecule has 1 heterocycles. The molecule has 1 aromatic heterocycles. The van der Waals surface area contributed by atoms with Crippen LogP contribution in [0.4, 0.5) is 5.69 Å². The number of nitrogens with one attached hydrogen (secondary N) is 1. The second kappa shape index (κ2) is 7.10. The molecule has 0 unspecified atom stereocenters. The Balaban J connectivity index is 1.85. The molecule has 3 N–H and O–H groups in total. The lowest BCUT2D eigenvalue weighted by atomic mass is 10.3. The van der Waals surface area contributed by atoms with Gasteiger partial charge in [0.2, 0.25) is 10.0 Å². The number of hydrogen-bond acceptors (Lipinski definition) is 6. The predicted molar refractivity (Wildman–Crippen MR) is 82.3 cm³/mol. The van der Waals surface area contributed by atoms with Crippen molar-refractivity contribution in [1.82, 2.24) is 9.71 Å². The number of pyridine rings is 1. The van der Waals surface area contributed by atoms with Gasteiger partial charge in [0.25, 0.3) is 0 Å². The number of nitrogens with zero attached hydrogens (tertiary/aromatic N) is 1. The maximum absolute atomic E-state index is 12.0. The molecule has 0 saturated carbocycles. The summed E-state index contributed by atoms with van der Waals surface area (Å²) in [7, 11) is -2.06. The molecule has 0 aliphatic rings. The van der Waals surface area contributed by atoms with Gasteiger partial charge in [-0.15, -0.1) is 0 Å². The van der Waals surface area contributed by atoms with Crippen molar-refractivity contribution >= 4 is 15.7 Å². The Morgan fingerprint density at radius 1 is 1.18 bits per heavy atom. The van der Waals surface area contributed by atoms with E-state index < -0.39 is 10.0 Å². The summed E-state index contributed by atoms with van der Waals surface area (Å²) in [6.45, 7) is 0.324. The third-order valence-electron chi connectivity index (χ3n) is 2.77. The molecule has 0 aliphatic heterocycles. The SMILES string of the molecule is COc1ccc(OCCNS(=O)(=O)c2cncc(N)c2)cc1. The summed E-state index contributed by atoms with van der Waals surface area (Å²) in [6.07, 6.45) is 2.62. The minimum absolute atomic E-state index is 0.0250. The van der Waals surface area contributed by atoms with E-state index in [4.69, 9.17) is 15.2 Å². The highest BCUT2D eigenvalue weighted by Crippen LogP contribution is 2.16. The zero-order valence-corrected chi connectivity index (χ0v) is 12.8. The molecule has 1 aromatic carbocycles. The fraction of sp³-hybridized carbons (Fsp3) is 0.214. The Hall–Kier alpha value is -2.32. The zero-order valence-electron chi connectivity index (χ0n) is 12.0. The summed E-state index contributed by atoms with van der Waals surface area (Å²) < 4.78 is 36.9. The first-order valence-corrected chi connectivity index (χ1v) is 7.96. The first kappa shape index (κ1) is 16.1. The lowest BCUT2D eigenvalue weighted by Crippen LogP contribution is -2.28. The topological polar surface area (TPSA) is 104 Å². The minimum atomic E-state index is -3.64. The molecule has 0 fully saturated rings. The van der Waals surface area contributed by atoms with Crippen LogP contribution in [-0.4, -0.2) is 33.7 Å². The van der Waals surface area contributed by atoms with Crippen molar-refractivity contribution in [1.29, 1.82) is 0 Å². The highest BCUT2D eigenvalue weighted by Gasteiger charge is 2.14. The van der Waals surface area contributed by atoms with E-state index in [0.717, 1.165) is 5.75 Å². The van der Waals surface area contributed by atoms with E-state index in [1.807, 2.05) is 0 Å². The number of nitrogen functional groups attached to an aromatic ring is 1. The van der Waals surface area contributed by atoms with Crippen molar-refractivity contribution in [2.75, 3.05) is 26.0 Å². The van der Waals surface area contributed by atoms with Gasteiger partial charge in [0.1, 0.15) is 23.0 Å². The lowest BCUT2D eigenvalue weighted by molar-refractivity contribution is 0.322. The Morgan fingerprint density at radius 2 is 1.86 bits per heavy atom. The van der Waals surface area contributed by atoms with Gasteiger partial charge in [-0.2, -0.15) is 0 Å². The number of sulfonamides is 1. The summed E-state index contributed by atoms with van der Waals surface area (Å²) in [5.74, 6) is 1.35. The molecule has 118 valence electrons. The van der Waals surface area contributed by atoms with Crippen molar-refractivity contribution in [3.63, 3.8) is 0 Å². The van der Waals surface area contributed by atoms with Gasteiger partial charge in [0.15, 0.2) is 0 Å². The van der Waals surface area contributed by atoms with Crippen LogP contribution in [0.2, 0.25) is 0 Å². The normalized spacial score (nSPS) is 11.1. The fourth-order valence-electron chi connectivity index (χ4n) is 1.68. The molecule has 2 rings (SSSR count). The van der Waals surface area contributed by atoms with Crippen LogP contribution in [0.15, 0.2) is 47.6 Å². The van der Waals surface area contributed by atoms with Crippen LogP contribution in [0, 0.1) is 0 Å². The van der Waals surface area contributed by atoms with Gasteiger partial charge in [-0.25, -0.2) is 13.1 Å². The molecular formula is C14H17N3O4S. The van der Waals surface area contributed by atoms with E-state index in [0.29, 0.717) is 5.75 Å². The van der Waals surface area contributed by atoms with E-state index in [2.05, 4.69) is 9.71 Å². The number of methoxy groups -OCH3 is 1. The van der Waals surface area contributed by atoms with Crippen LogP contribution in [-0.2, 0) is 10.0 Å². The van der Waals surface area contributed by atoms with Crippen molar-refractivity contribution in [2.45, 2.75) is 4.90 Å². The minimum Gasteiger partial charge on any atom is -0.497 e. The van der Waals surface area contributed by atoms with Gasteiger partial charge in [-0.3, -0.25) is 4.98 Å². The molecule has 0 atom stereocenters. The van der Waals surface area contributed by atoms with Crippen molar-refractivity contribution in [3.8, 4) is 11.5 Å². The molecule has 0 spiro atoms. The highest BCUT2D eigenvalue weighted by atomic mass is 32.2. The van der Waals surface area contributed by atoms with E-state index in [1.165, 1.54) is 18.5 Å². The quantitative estimate of drug-likeness (QED) is 0.738. The monoisotopic (exact) mass is 323 g/mol. The predicted octanol–water partition coefficient (Wildman–Crippen LogP) is 1.03. The van der Waals surface area contributed by atoms with E-state index >= 15 is 0 Å². The van der Waals surface area contributed by atoms with Crippen molar-refractivity contribution in [3.05, 3.63) is 42.7 Å². The maximum atomic E-state index is 12.0. The molecule has 2 aromatic rings. The average molecular weight is 323 g/mol. The number of nitrogens with two attached hydrogens (primary N) is 1. The summed E-state index contributed by atoms with van der Waals surface area (Å²) in [6, 6.07) is 8.36. The fourth-order valence-corrected chi connectivity index (χ4v) is 2.69. The Bertz CT molecular complexity index is 717. The van der Waals surface area contributed by atoms with E-state index in [1.54, 1.807) is 31.4 Å². The van der Waals surface area contributed by atoms with Crippen LogP contribution in [0.1, 0.15) is 0 Å². The Morgan fingerprint density at radius 3 is 2.50 bits per heavy atom. The number of hydrogen-bond donors (Lipinski definition) is 2. The van der Waals surface area contributed by atoms with Crippen molar-refractivity contribution in [2.24, 2.45) is 0 Å². The number of ether oxygens (including phenoxy) is 2. The third kappa shape index (κ3) is 4.34. The standard InChI is InChI=1S/C14H17N3O4S/c1-20-12-2-4-13(5-3-12)21-7-6-17-22(18,19)14-8-11(15)9-16-10-14/h2-5,8-10,17H,6-7,15H2,1H3.